The molecule has 0 saturated heterocycles. The zero-order valence-electron chi connectivity index (χ0n) is 11.4. The van der Waals surface area contributed by atoms with Gasteiger partial charge in [0.1, 0.15) is 11.6 Å². The molecule has 1 N–H and O–H groups in total. The summed E-state index contributed by atoms with van der Waals surface area (Å²) < 4.78 is 19.3. The van der Waals surface area contributed by atoms with E-state index in [4.69, 9.17) is 4.74 Å². The second kappa shape index (κ2) is 6.19. The Morgan fingerprint density at radius 3 is 2.70 bits per heavy atom. The summed E-state index contributed by atoms with van der Waals surface area (Å²) >= 11 is 0. The Bertz CT molecular complexity index is 626. The van der Waals surface area contributed by atoms with Crippen LogP contribution in [0.2, 0.25) is 0 Å². The van der Waals surface area contributed by atoms with Gasteiger partial charge in [-0.15, -0.1) is 0 Å². The van der Waals surface area contributed by atoms with Gasteiger partial charge in [0.15, 0.2) is 0 Å². The highest BCUT2D eigenvalue weighted by Gasteiger charge is 2.14. The number of ether oxygens (including phenoxy) is 1. The number of nitrogens with one attached hydrogen (secondary N) is 1. The molecule has 0 fully saturated rings. The van der Waals surface area contributed by atoms with Crippen molar-refractivity contribution in [1.29, 1.82) is 0 Å². The van der Waals surface area contributed by atoms with Gasteiger partial charge in [0.2, 0.25) is 0 Å². The highest BCUT2D eigenvalue weighted by Crippen LogP contribution is 2.24. The van der Waals surface area contributed by atoms with Crippen LogP contribution in [0.1, 0.15) is 22.8 Å². The summed E-state index contributed by atoms with van der Waals surface area (Å²) in [5.74, 6) is -0.423. The Hall–Kier alpha value is -2.36. The van der Waals surface area contributed by atoms with E-state index in [1.165, 1.54) is 6.07 Å². The minimum absolute atomic E-state index is 0.0244. The molecule has 0 heterocycles. The number of amides is 1. The summed E-state index contributed by atoms with van der Waals surface area (Å²) in [4.78, 5) is 12.1. The van der Waals surface area contributed by atoms with Gasteiger partial charge in [-0.1, -0.05) is 24.3 Å². The Morgan fingerprint density at radius 1 is 1.20 bits per heavy atom. The zero-order chi connectivity index (χ0) is 14.5. The fourth-order valence-electron chi connectivity index (χ4n) is 1.86. The number of benzene rings is 2. The lowest BCUT2D eigenvalue weighted by molar-refractivity contribution is 0.102. The number of rotatable bonds is 4. The third-order valence-electron chi connectivity index (χ3n) is 2.87. The molecule has 0 aliphatic rings. The number of carbonyl (C=O) groups excluding carboxylic acids is 1. The molecule has 0 saturated carbocycles. The molecule has 0 atom stereocenters. The summed E-state index contributed by atoms with van der Waals surface area (Å²) in [6.45, 7) is 3.98. The summed E-state index contributed by atoms with van der Waals surface area (Å²) in [6.07, 6.45) is 0. The molecule has 20 heavy (non-hydrogen) atoms. The van der Waals surface area contributed by atoms with E-state index in [1.54, 1.807) is 37.3 Å². The third-order valence-corrected chi connectivity index (χ3v) is 2.87. The lowest BCUT2D eigenvalue weighted by Crippen LogP contribution is -2.15. The number of hydrogen-bond acceptors (Lipinski definition) is 2. The highest BCUT2D eigenvalue weighted by molar-refractivity contribution is 6.05. The van der Waals surface area contributed by atoms with E-state index < -0.39 is 11.7 Å². The summed E-state index contributed by atoms with van der Waals surface area (Å²) in [7, 11) is 0. The van der Waals surface area contributed by atoms with Crippen molar-refractivity contribution in [3.63, 3.8) is 0 Å². The predicted molar refractivity (Wildman–Crippen MR) is 76.7 cm³/mol. The fraction of sp³-hybridized carbons (Fsp3) is 0.188. The van der Waals surface area contributed by atoms with Crippen LogP contribution in [0.3, 0.4) is 0 Å². The van der Waals surface area contributed by atoms with E-state index in [1.807, 2.05) is 13.0 Å². The number of para-hydroxylation sites is 2. The first-order valence-electron chi connectivity index (χ1n) is 6.41. The lowest BCUT2D eigenvalue weighted by atomic mass is 10.1. The fourth-order valence-corrected chi connectivity index (χ4v) is 1.86. The van der Waals surface area contributed by atoms with Gasteiger partial charge < -0.3 is 10.1 Å². The van der Waals surface area contributed by atoms with E-state index in [9.17, 15) is 9.18 Å². The summed E-state index contributed by atoms with van der Waals surface area (Å²) in [6, 6.07) is 11.8. The molecule has 3 nitrogen and oxygen atoms in total. The monoisotopic (exact) mass is 273 g/mol. The van der Waals surface area contributed by atoms with Crippen LogP contribution in [-0.2, 0) is 0 Å². The zero-order valence-corrected chi connectivity index (χ0v) is 11.4. The number of anilines is 1. The minimum Gasteiger partial charge on any atom is -0.492 e. The normalized spacial score (nSPS) is 10.2. The van der Waals surface area contributed by atoms with Crippen LogP contribution in [0.5, 0.6) is 5.75 Å². The Balaban J connectivity index is 2.26. The van der Waals surface area contributed by atoms with E-state index in [-0.39, 0.29) is 5.56 Å². The SMILES string of the molecule is CCOc1ccccc1NC(=O)c1cccc(C)c1F. The molecular weight excluding hydrogens is 257 g/mol. The van der Waals surface area contributed by atoms with Gasteiger partial charge in [-0.25, -0.2) is 4.39 Å². The van der Waals surface area contributed by atoms with Gasteiger partial charge >= 0.3 is 0 Å². The van der Waals surface area contributed by atoms with Crippen molar-refractivity contribution in [2.45, 2.75) is 13.8 Å². The topological polar surface area (TPSA) is 38.3 Å². The molecule has 2 aromatic carbocycles. The first-order chi connectivity index (χ1) is 9.63. The van der Waals surface area contributed by atoms with Crippen LogP contribution in [0.25, 0.3) is 0 Å². The van der Waals surface area contributed by atoms with Crippen molar-refractivity contribution < 1.29 is 13.9 Å². The third kappa shape index (κ3) is 2.96. The van der Waals surface area contributed by atoms with Gasteiger partial charge in [-0.2, -0.15) is 0 Å². The quantitative estimate of drug-likeness (QED) is 0.920. The molecule has 0 unspecified atom stereocenters. The van der Waals surface area contributed by atoms with E-state index in [0.29, 0.717) is 23.6 Å². The van der Waals surface area contributed by atoms with Crippen LogP contribution in [0.15, 0.2) is 42.5 Å². The molecule has 2 rings (SSSR count). The molecule has 0 aromatic heterocycles. The first kappa shape index (κ1) is 14.1. The average Bonchev–Trinajstić information content (AvgIpc) is 2.44. The summed E-state index contributed by atoms with van der Waals surface area (Å²) in [5, 5.41) is 2.68. The van der Waals surface area contributed by atoms with Crippen LogP contribution < -0.4 is 10.1 Å². The maximum Gasteiger partial charge on any atom is 0.258 e. The van der Waals surface area contributed by atoms with Gasteiger partial charge in [0, 0.05) is 0 Å². The van der Waals surface area contributed by atoms with Crippen molar-refractivity contribution in [2.75, 3.05) is 11.9 Å². The van der Waals surface area contributed by atoms with Crippen LogP contribution in [0.4, 0.5) is 10.1 Å². The number of aryl methyl sites for hydroxylation is 1. The Kier molecular flexibility index (Phi) is 4.35. The maximum absolute atomic E-state index is 13.9. The number of carbonyl (C=O) groups is 1. The average molecular weight is 273 g/mol. The molecular formula is C16H16FNO2. The van der Waals surface area contributed by atoms with E-state index in [2.05, 4.69) is 5.32 Å². The molecule has 104 valence electrons. The smallest absolute Gasteiger partial charge is 0.258 e. The number of hydrogen-bond donors (Lipinski definition) is 1. The lowest BCUT2D eigenvalue weighted by Gasteiger charge is -2.12. The minimum atomic E-state index is -0.501. The van der Waals surface area contributed by atoms with Gasteiger partial charge in [-0.05, 0) is 37.6 Å². The largest absolute Gasteiger partial charge is 0.492 e. The second-order valence-electron chi connectivity index (χ2n) is 4.32. The predicted octanol–water partition coefficient (Wildman–Crippen LogP) is 3.79. The standard InChI is InChI=1S/C16H16FNO2/c1-3-20-14-10-5-4-9-13(14)18-16(19)12-8-6-7-11(2)15(12)17/h4-10H,3H2,1-2H3,(H,18,19). The van der Waals surface area contributed by atoms with Crippen molar-refractivity contribution in [3.8, 4) is 5.75 Å². The van der Waals surface area contributed by atoms with Crippen molar-refractivity contribution >= 4 is 11.6 Å². The number of halogens is 1. The highest BCUT2D eigenvalue weighted by atomic mass is 19.1. The maximum atomic E-state index is 13.9. The van der Waals surface area contributed by atoms with Crippen molar-refractivity contribution in [2.24, 2.45) is 0 Å². The van der Waals surface area contributed by atoms with Gasteiger partial charge in [0.25, 0.3) is 5.91 Å². The van der Waals surface area contributed by atoms with Crippen LogP contribution in [-0.4, -0.2) is 12.5 Å². The van der Waals surface area contributed by atoms with Crippen LogP contribution >= 0.6 is 0 Å². The Labute approximate surface area is 117 Å². The first-order valence-corrected chi connectivity index (χ1v) is 6.41. The van der Waals surface area contributed by atoms with Crippen molar-refractivity contribution in [3.05, 3.63) is 59.4 Å². The molecule has 0 aliphatic carbocycles. The van der Waals surface area contributed by atoms with Crippen molar-refractivity contribution in [1.82, 2.24) is 0 Å². The molecule has 0 bridgehead atoms. The molecule has 1 amide bonds. The molecule has 2 aromatic rings. The molecule has 0 radical (unpaired) electrons. The van der Waals surface area contributed by atoms with Crippen LogP contribution in [0, 0.1) is 12.7 Å². The molecule has 0 aliphatic heterocycles. The second-order valence-corrected chi connectivity index (χ2v) is 4.32. The molecule has 4 heteroatoms. The van der Waals surface area contributed by atoms with E-state index >= 15 is 0 Å². The Morgan fingerprint density at radius 2 is 1.95 bits per heavy atom. The summed E-state index contributed by atoms with van der Waals surface area (Å²) in [5.41, 5.74) is 0.993. The van der Waals surface area contributed by atoms with Gasteiger partial charge in [0.05, 0.1) is 17.9 Å². The van der Waals surface area contributed by atoms with Gasteiger partial charge in [-0.3, -0.25) is 4.79 Å². The molecule has 0 spiro atoms. The van der Waals surface area contributed by atoms with E-state index in [0.717, 1.165) is 0 Å².